The van der Waals surface area contributed by atoms with Crippen LogP contribution in [0.1, 0.15) is 34.0 Å². The van der Waals surface area contributed by atoms with Crippen LogP contribution in [0.4, 0.5) is 11.4 Å². The Bertz CT molecular complexity index is 1350. The topological polar surface area (TPSA) is 88.3 Å². The molecule has 35 heavy (non-hydrogen) atoms. The molecular weight excluding hydrogens is 483 g/mol. The molecule has 3 aromatic rings. The van der Waals surface area contributed by atoms with Gasteiger partial charge in [0.25, 0.3) is 5.69 Å². The number of rotatable bonds is 7. The number of hydrogen-bond donors (Lipinski definition) is 0. The number of fused-ring (bicyclic) bond motifs is 1. The first-order valence-electron chi connectivity index (χ1n) is 11.2. The van der Waals surface area contributed by atoms with Crippen molar-refractivity contribution < 1.29 is 14.5 Å². The summed E-state index contributed by atoms with van der Waals surface area (Å²) in [6.07, 6.45) is 2.09. The SMILES string of the molecule is CCN(CC)[P@@]1(=Nc2cccc([N+](=O)[O-])c2)c2cc(C(=O)OC)sc2C=C(c2ccccc2)N1C. The molecule has 0 radical (unpaired) electrons. The highest BCUT2D eigenvalue weighted by atomic mass is 32.1. The Morgan fingerprint density at radius 2 is 1.86 bits per heavy atom. The number of carbonyl (C=O) groups excluding carboxylic acids is 1. The summed E-state index contributed by atoms with van der Waals surface area (Å²) in [7, 11) is 0.691. The van der Waals surface area contributed by atoms with E-state index in [-0.39, 0.29) is 5.69 Å². The molecule has 0 saturated carbocycles. The predicted octanol–water partition coefficient (Wildman–Crippen LogP) is 6.22. The maximum absolute atomic E-state index is 12.5. The Kier molecular flexibility index (Phi) is 7.21. The summed E-state index contributed by atoms with van der Waals surface area (Å²) in [5.41, 5.74) is 2.52. The molecule has 0 N–H and O–H groups in total. The fourth-order valence-electron chi connectivity index (χ4n) is 4.32. The second-order valence-electron chi connectivity index (χ2n) is 7.86. The number of benzene rings is 2. The van der Waals surface area contributed by atoms with Crippen LogP contribution in [0.2, 0.25) is 0 Å². The van der Waals surface area contributed by atoms with Gasteiger partial charge in [0, 0.05) is 42.5 Å². The third kappa shape index (κ3) is 4.43. The molecule has 1 aliphatic rings. The van der Waals surface area contributed by atoms with E-state index in [9.17, 15) is 14.9 Å². The van der Waals surface area contributed by atoms with E-state index < -0.39 is 18.2 Å². The molecular formula is C25H27N4O4PS. The largest absolute Gasteiger partial charge is 0.465 e. The van der Waals surface area contributed by atoms with Crippen molar-refractivity contribution in [1.82, 2.24) is 9.34 Å². The third-order valence-corrected chi connectivity index (χ3v) is 11.1. The number of non-ortho nitro benzene ring substituents is 1. The molecule has 182 valence electrons. The molecule has 0 aliphatic carbocycles. The van der Waals surface area contributed by atoms with E-state index in [0.29, 0.717) is 23.7 Å². The van der Waals surface area contributed by atoms with Crippen molar-refractivity contribution in [2.24, 2.45) is 4.74 Å². The summed E-state index contributed by atoms with van der Waals surface area (Å²) in [6.45, 7) is 5.57. The maximum Gasteiger partial charge on any atom is 0.348 e. The van der Waals surface area contributed by atoms with Gasteiger partial charge in [0.15, 0.2) is 7.36 Å². The van der Waals surface area contributed by atoms with Gasteiger partial charge in [-0.25, -0.2) is 9.54 Å². The molecule has 0 spiro atoms. The Morgan fingerprint density at radius 1 is 1.14 bits per heavy atom. The normalized spacial score (nSPS) is 17.1. The molecule has 2 aromatic carbocycles. The standard InChI is InChI=1S/C25H27N4O4PS/c1-5-28(6-2)34(26-19-13-10-14-20(15-19)29(31)32)22-17-24(25(30)33-4)35-23(22)16-21(27(34)3)18-11-8-7-9-12-18/h7-17H,5-6H2,1-4H3/t34-/m1/s1. The third-order valence-electron chi connectivity index (χ3n) is 5.97. The van der Waals surface area contributed by atoms with Gasteiger partial charge in [-0.2, -0.15) is 0 Å². The number of hydrogen-bond acceptors (Lipinski definition) is 6. The summed E-state index contributed by atoms with van der Waals surface area (Å²) < 4.78 is 14.8. The van der Waals surface area contributed by atoms with E-state index in [2.05, 4.69) is 29.3 Å². The van der Waals surface area contributed by atoms with Crippen LogP contribution in [0.5, 0.6) is 0 Å². The molecule has 0 bridgehead atoms. The highest BCUT2D eigenvalue weighted by molar-refractivity contribution is 7.70. The minimum atomic E-state index is -2.70. The smallest absolute Gasteiger partial charge is 0.348 e. The first-order valence-corrected chi connectivity index (χ1v) is 13.7. The molecule has 0 unspecified atom stereocenters. The molecule has 10 heteroatoms. The number of carbonyl (C=O) groups is 1. The molecule has 8 nitrogen and oxygen atoms in total. The number of nitro groups is 1. The van der Waals surface area contributed by atoms with Crippen molar-refractivity contribution in [3.8, 4) is 0 Å². The van der Waals surface area contributed by atoms with Gasteiger partial charge in [-0.3, -0.25) is 14.8 Å². The maximum atomic E-state index is 12.5. The lowest BCUT2D eigenvalue weighted by Gasteiger charge is -2.45. The fourth-order valence-corrected chi connectivity index (χ4v) is 9.57. The first kappa shape index (κ1) is 24.9. The van der Waals surface area contributed by atoms with Crippen molar-refractivity contribution in [3.05, 3.63) is 86.1 Å². The zero-order valence-corrected chi connectivity index (χ0v) is 21.8. The van der Waals surface area contributed by atoms with Gasteiger partial charge in [0.1, 0.15) is 4.88 Å². The van der Waals surface area contributed by atoms with Crippen molar-refractivity contribution in [2.45, 2.75) is 13.8 Å². The van der Waals surface area contributed by atoms with Gasteiger partial charge in [0.05, 0.1) is 23.4 Å². The zero-order valence-electron chi connectivity index (χ0n) is 20.0. The Morgan fingerprint density at radius 3 is 2.49 bits per heavy atom. The summed E-state index contributed by atoms with van der Waals surface area (Å²) >= 11 is 1.38. The van der Waals surface area contributed by atoms with Gasteiger partial charge >= 0.3 is 5.97 Å². The Hall–Kier alpha value is -3.26. The van der Waals surface area contributed by atoms with Gasteiger partial charge in [0.2, 0.25) is 0 Å². The molecule has 0 fully saturated rings. The highest BCUT2D eigenvalue weighted by Gasteiger charge is 2.41. The van der Waals surface area contributed by atoms with E-state index in [0.717, 1.165) is 21.4 Å². The number of esters is 1. The summed E-state index contributed by atoms with van der Waals surface area (Å²) in [4.78, 5) is 25.0. The lowest BCUT2D eigenvalue weighted by Crippen LogP contribution is -2.37. The van der Waals surface area contributed by atoms with Crippen LogP contribution in [0.3, 0.4) is 0 Å². The second kappa shape index (κ2) is 10.2. The molecule has 1 aliphatic heterocycles. The van der Waals surface area contributed by atoms with E-state index in [1.807, 2.05) is 43.4 Å². The quantitative estimate of drug-likeness (QED) is 0.162. The van der Waals surface area contributed by atoms with Crippen LogP contribution >= 0.6 is 18.7 Å². The number of nitrogens with zero attached hydrogens (tertiary/aromatic N) is 4. The Labute approximate surface area is 208 Å². The van der Waals surface area contributed by atoms with Crippen LogP contribution in [-0.4, -0.2) is 47.5 Å². The van der Waals surface area contributed by atoms with Gasteiger partial charge in [-0.05, 0) is 23.8 Å². The number of thiophene rings is 1. The molecule has 1 aromatic heterocycles. The summed E-state index contributed by atoms with van der Waals surface area (Å²) in [5.74, 6) is -0.394. The molecule has 2 heterocycles. The predicted molar refractivity (Wildman–Crippen MR) is 142 cm³/mol. The van der Waals surface area contributed by atoms with Gasteiger partial charge < -0.3 is 9.41 Å². The van der Waals surface area contributed by atoms with Gasteiger partial charge in [-0.1, -0.05) is 50.2 Å². The van der Waals surface area contributed by atoms with Crippen molar-refractivity contribution in [2.75, 3.05) is 27.2 Å². The van der Waals surface area contributed by atoms with Gasteiger partial charge in [-0.15, -0.1) is 11.3 Å². The summed E-state index contributed by atoms with van der Waals surface area (Å²) in [5, 5.41) is 12.4. The Balaban J connectivity index is 2.09. The van der Waals surface area contributed by atoms with Crippen molar-refractivity contribution in [1.29, 1.82) is 0 Å². The van der Waals surface area contributed by atoms with E-state index in [1.165, 1.54) is 30.6 Å². The second-order valence-corrected chi connectivity index (χ2v) is 11.9. The van der Waals surface area contributed by atoms with Crippen LogP contribution in [0.25, 0.3) is 11.8 Å². The zero-order chi connectivity index (χ0) is 25.2. The van der Waals surface area contributed by atoms with Crippen LogP contribution in [0, 0.1) is 10.1 Å². The van der Waals surface area contributed by atoms with E-state index in [4.69, 9.17) is 9.48 Å². The molecule has 4 rings (SSSR count). The van der Waals surface area contributed by atoms with Crippen molar-refractivity contribution in [3.63, 3.8) is 0 Å². The van der Waals surface area contributed by atoms with Crippen LogP contribution in [0.15, 0.2) is 65.4 Å². The fraction of sp³-hybridized carbons (Fsp3) is 0.240. The number of methoxy groups -OCH3 is 1. The number of nitro benzene ring substituents is 1. The monoisotopic (exact) mass is 510 g/mol. The molecule has 0 saturated heterocycles. The lowest BCUT2D eigenvalue weighted by atomic mass is 10.1. The van der Waals surface area contributed by atoms with E-state index in [1.54, 1.807) is 12.1 Å². The molecule has 1 atom stereocenters. The minimum absolute atomic E-state index is 0.0109. The lowest BCUT2D eigenvalue weighted by molar-refractivity contribution is -0.384. The van der Waals surface area contributed by atoms with Crippen LogP contribution in [-0.2, 0) is 4.74 Å². The highest BCUT2D eigenvalue weighted by Crippen LogP contribution is 2.63. The minimum Gasteiger partial charge on any atom is -0.465 e. The van der Waals surface area contributed by atoms with Crippen molar-refractivity contribution >= 4 is 53.1 Å². The van der Waals surface area contributed by atoms with Crippen LogP contribution < -0.4 is 5.30 Å². The van der Waals surface area contributed by atoms with E-state index >= 15 is 0 Å². The summed E-state index contributed by atoms with van der Waals surface area (Å²) in [6, 6.07) is 18.3. The number of ether oxygens (including phenoxy) is 1. The molecule has 0 amide bonds. The average molecular weight is 511 g/mol. The first-order chi connectivity index (χ1) is 16.8. The average Bonchev–Trinajstić information content (AvgIpc) is 3.31.